The topological polar surface area (TPSA) is 56.1 Å². The quantitative estimate of drug-likeness (QED) is 0.360. The zero-order valence-electron chi connectivity index (χ0n) is 15.5. The highest BCUT2D eigenvalue weighted by Crippen LogP contribution is 2.31. The minimum absolute atomic E-state index is 0.440. The summed E-state index contributed by atoms with van der Waals surface area (Å²) in [6.45, 7) is 8.22. The number of pyridine rings is 1. The molecular formula is C20H25N3O2Si. The van der Waals surface area contributed by atoms with Gasteiger partial charge in [0, 0.05) is 26.3 Å². The van der Waals surface area contributed by atoms with Crippen LogP contribution in [0.2, 0.25) is 25.7 Å². The van der Waals surface area contributed by atoms with Crippen molar-refractivity contribution in [2.24, 2.45) is 0 Å². The number of hydrogen-bond donors (Lipinski definition) is 1. The van der Waals surface area contributed by atoms with Crippen LogP contribution in [0.15, 0.2) is 48.7 Å². The maximum atomic E-state index is 10.9. The molecule has 0 radical (unpaired) electrons. The number of rotatable bonds is 8. The van der Waals surface area contributed by atoms with Crippen molar-refractivity contribution in [3.63, 3.8) is 0 Å². The lowest BCUT2D eigenvalue weighted by Crippen LogP contribution is -2.22. The third kappa shape index (κ3) is 4.20. The highest BCUT2D eigenvalue weighted by Gasteiger charge is 2.16. The molecule has 0 spiro atoms. The number of carbonyl (C=O) groups excluding carboxylic acids is 1. The van der Waals surface area contributed by atoms with Crippen LogP contribution >= 0.6 is 0 Å². The van der Waals surface area contributed by atoms with Crippen molar-refractivity contribution >= 4 is 31.2 Å². The van der Waals surface area contributed by atoms with Gasteiger partial charge in [0.1, 0.15) is 12.4 Å². The van der Waals surface area contributed by atoms with Crippen LogP contribution in [0.4, 0.5) is 5.69 Å². The summed E-state index contributed by atoms with van der Waals surface area (Å²) in [5, 5.41) is 3.67. The molecule has 0 saturated heterocycles. The van der Waals surface area contributed by atoms with E-state index in [9.17, 15) is 4.79 Å². The number of nitrogens with zero attached hydrogens (tertiary/aromatic N) is 2. The van der Waals surface area contributed by atoms with Crippen LogP contribution in [-0.4, -0.2) is 30.6 Å². The number of aromatic nitrogens is 2. The number of anilines is 1. The Labute approximate surface area is 155 Å². The van der Waals surface area contributed by atoms with Gasteiger partial charge in [-0.25, -0.2) is 4.98 Å². The summed E-state index contributed by atoms with van der Waals surface area (Å²) in [6.07, 6.45) is 2.40. The number of fused-ring (bicyclic) bond motifs is 1. The number of nitrogens with one attached hydrogen (secondary N) is 1. The average Bonchev–Trinajstić information content (AvgIpc) is 2.99. The number of carbonyl (C=O) groups is 1. The Bertz CT molecular complexity index is 885. The van der Waals surface area contributed by atoms with Crippen LogP contribution in [0, 0.1) is 0 Å². The number of benzene rings is 1. The fourth-order valence-corrected chi connectivity index (χ4v) is 3.61. The molecule has 2 aromatic heterocycles. The minimum Gasteiger partial charge on any atom is -0.361 e. The first-order valence-corrected chi connectivity index (χ1v) is 12.5. The van der Waals surface area contributed by atoms with E-state index < -0.39 is 8.07 Å². The second-order valence-corrected chi connectivity index (χ2v) is 13.2. The van der Waals surface area contributed by atoms with E-state index in [1.54, 1.807) is 6.20 Å². The van der Waals surface area contributed by atoms with Crippen LogP contribution < -0.4 is 5.32 Å². The Kier molecular flexibility index (Phi) is 5.54. The molecule has 0 fully saturated rings. The highest BCUT2D eigenvalue weighted by molar-refractivity contribution is 6.76. The predicted molar refractivity (Wildman–Crippen MR) is 109 cm³/mol. The smallest absolute Gasteiger partial charge is 0.211 e. The zero-order chi connectivity index (χ0) is 18.6. The molecule has 0 unspecified atom stereocenters. The molecule has 1 amide bonds. The number of amides is 1. The summed E-state index contributed by atoms with van der Waals surface area (Å²) in [5.41, 5.74) is 3.68. The van der Waals surface area contributed by atoms with Crippen LogP contribution in [0.5, 0.6) is 0 Å². The lowest BCUT2D eigenvalue weighted by molar-refractivity contribution is -0.105. The molecule has 3 aromatic rings. The molecule has 26 heavy (non-hydrogen) atoms. The van der Waals surface area contributed by atoms with Crippen molar-refractivity contribution in [3.05, 3.63) is 48.7 Å². The van der Waals surface area contributed by atoms with Gasteiger partial charge < -0.3 is 14.6 Å². The Hall–Kier alpha value is -2.44. The van der Waals surface area contributed by atoms with Gasteiger partial charge in [0.25, 0.3) is 0 Å². The molecular weight excluding hydrogens is 342 g/mol. The molecule has 5 nitrogen and oxygen atoms in total. The van der Waals surface area contributed by atoms with E-state index in [0.29, 0.717) is 13.1 Å². The van der Waals surface area contributed by atoms with E-state index in [1.807, 2.05) is 24.3 Å². The minimum atomic E-state index is -1.13. The fourth-order valence-electron chi connectivity index (χ4n) is 2.85. The molecule has 0 aliphatic rings. The molecule has 0 bridgehead atoms. The van der Waals surface area contributed by atoms with Crippen LogP contribution in [-0.2, 0) is 16.3 Å². The second kappa shape index (κ2) is 7.84. The molecule has 0 atom stereocenters. The van der Waals surface area contributed by atoms with Crippen molar-refractivity contribution < 1.29 is 9.53 Å². The zero-order valence-corrected chi connectivity index (χ0v) is 16.5. The van der Waals surface area contributed by atoms with Gasteiger partial charge in [0.15, 0.2) is 0 Å². The molecule has 0 saturated carbocycles. The van der Waals surface area contributed by atoms with Gasteiger partial charge in [-0.3, -0.25) is 4.79 Å². The van der Waals surface area contributed by atoms with Crippen molar-refractivity contribution in [1.82, 2.24) is 9.55 Å². The summed E-state index contributed by atoms with van der Waals surface area (Å²) in [5.74, 6) is 0. The van der Waals surface area contributed by atoms with Gasteiger partial charge in [-0.05, 0) is 23.7 Å². The van der Waals surface area contributed by atoms with E-state index in [0.717, 1.165) is 40.6 Å². The molecule has 1 N–H and O–H groups in total. The predicted octanol–water partition coefficient (Wildman–Crippen LogP) is 4.58. The molecule has 0 aliphatic carbocycles. The van der Waals surface area contributed by atoms with Crippen molar-refractivity contribution in [1.29, 1.82) is 0 Å². The molecule has 6 heteroatoms. The van der Waals surface area contributed by atoms with Gasteiger partial charge in [0.05, 0.1) is 11.4 Å². The maximum absolute atomic E-state index is 10.9. The van der Waals surface area contributed by atoms with E-state index in [4.69, 9.17) is 4.74 Å². The SMILES string of the molecule is C[Si](C)(C)CCOCn1c(-c2ccccc2)cc2c(NC=O)ccnc21. The largest absolute Gasteiger partial charge is 0.361 e. The van der Waals surface area contributed by atoms with Gasteiger partial charge in [-0.2, -0.15) is 0 Å². The van der Waals surface area contributed by atoms with Crippen molar-refractivity contribution in [2.45, 2.75) is 32.4 Å². The maximum Gasteiger partial charge on any atom is 0.211 e. The fraction of sp³-hybridized carbons (Fsp3) is 0.300. The first kappa shape index (κ1) is 18.4. The highest BCUT2D eigenvalue weighted by atomic mass is 28.3. The summed E-state index contributed by atoms with van der Waals surface area (Å²) in [6, 6.07) is 15.2. The van der Waals surface area contributed by atoms with Gasteiger partial charge in [-0.15, -0.1) is 0 Å². The average molecular weight is 368 g/mol. The van der Waals surface area contributed by atoms with Crippen LogP contribution in [0.25, 0.3) is 22.3 Å². The standard InChI is InChI=1S/C20H25N3O2Si/c1-26(2,3)12-11-25-15-23-19(16-7-5-4-6-8-16)13-17-18(22-14-24)9-10-21-20(17)23/h4-10,13-14H,11-12,15H2,1-3H3,(H,21,22,24). The van der Waals surface area contributed by atoms with Gasteiger partial charge >= 0.3 is 0 Å². The van der Waals surface area contributed by atoms with E-state index in [2.05, 4.69) is 52.7 Å². The molecule has 3 rings (SSSR count). The lowest BCUT2D eigenvalue weighted by atomic mass is 10.1. The summed E-state index contributed by atoms with van der Waals surface area (Å²) in [7, 11) is -1.13. The van der Waals surface area contributed by atoms with E-state index in [-0.39, 0.29) is 0 Å². The molecule has 136 valence electrons. The van der Waals surface area contributed by atoms with E-state index in [1.165, 1.54) is 0 Å². The second-order valence-electron chi connectivity index (χ2n) is 7.53. The van der Waals surface area contributed by atoms with Gasteiger partial charge in [0.2, 0.25) is 6.41 Å². The summed E-state index contributed by atoms with van der Waals surface area (Å²) in [4.78, 5) is 15.5. The first-order valence-electron chi connectivity index (χ1n) is 8.81. The third-order valence-corrected chi connectivity index (χ3v) is 6.00. The van der Waals surface area contributed by atoms with Crippen molar-refractivity contribution in [3.8, 4) is 11.3 Å². The molecule has 1 aromatic carbocycles. The number of hydrogen-bond acceptors (Lipinski definition) is 3. The summed E-state index contributed by atoms with van der Waals surface area (Å²) < 4.78 is 8.07. The summed E-state index contributed by atoms with van der Waals surface area (Å²) >= 11 is 0. The van der Waals surface area contributed by atoms with Gasteiger partial charge in [-0.1, -0.05) is 50.0 Å². The number of ether oxygens (including phenoxy) is 1. The Balaban J connectivity index is 1.98. The van der Waals surface area contributed by atoms with Crippen LogP contribution in [0.1, 0.15) is 0 Å². The molecule has 2 heterocycles. The normalized spacial score (nSPS) is 11.7. The monoisotopic (exact) mass is 367 g/mol. The van der Waals surface area contributed by atoms with Crippen molar-refractivity contribution in [2.75, 3.05) is 11.9 Å². The Morgan fingerprint density at radius 3 is 2.65 bits per heavy atom. The third-order valence-electron chi connectivity index (χ3n) is 4.30. The van der Waals surface area contributed by atoms with Crippen LogP contribution in [0.3, 0.4) is 0 Å². The lowest BCUT2D eigenvalue weighted by Gasteiger charge is -2.16. The Morgan fingerprint density at radius 2 is 1.96 bits per heavy atom. The first-order chi connectivity index (χ1) is 12.5. The van der Waals surface area contributed by atoms with E-state index >= 15 is 0 Å². The Morgan fingerprint density at radius 1 is 1.19 bits per heavy atom. The molecule has 0 aliphatic heterocycles.